The van der Waals surface area contributed by atoms with Crippen molar-refractivity contribution < 1.29 is 8.42 Å². The number of rotatable bonds is 3. The lowest BCUT2D eigenvalue weighted by Gasteiger charge is -2.10. The van der Waals surface area contributed by atoms with Crippen molar-refractivity contribution in [2.45, 2.75) is 4.90 Å². The summed E-state index contributed by atoms with van der Waals surface area (Å²) >= 11 is 11.8. The van der Waals surface area contributed by atoms with Crippen LogP contribution in [-0.2, 0) is 10.0 Å². The summed E-state index contributed by atoms with van der Waals surface area (Å²) in [4.78, 5) is 4.25. The average Bonchev–Trinajstić information content (AvgIpc) is 2.45. The molecule has 0 saturated carbocycles. The van der Waals surface area contributed by atoms with Crippen molar-refractivity contribution in [2.24, 2.45) is 0 Å². The van der Waals surface area contributed by atoms with Crippen LogP contribution in [0.25, 0.3) is 10.9 Å². The van der Waals surface area contributed by atoms with Gasteiger partial charge in [0.05, 0.1) is 11.2 Å². The Labute approximate surface area is 137 Å². The van der Waals surface area contributed by atoms with Gasteiger partial charge in [0.25, 0.3) is 10.0 Å². The van der Waals surface area contributed by atoms with Crippen molar-refractivity contribution in [3.8, 4) is 0 Å². The first-order chi connectivity index (χ1) is 10.5. The second-order valence-corrected chi connectivity index (χ2v) is 7.12. The molecule has 112 valence electrons. The fourth-order valence-corrected chi connectivity index (χ4v) is 3.86. The first-order valence-corrected chi connectivity index (χ1v) is 8.52. The first-order valence-electron chi connectivity index (χ1n) is 6.28. The van der Waals surface area contributed by atoms with Crippen LogP contribution in [-0.4, -0.2) is 13.4 Å². The van der Waals surface area contributed by atoms with Gasteiger partial charge in [-0.15, -0.1) is 0 Å². The van der Waals surface area contributed by atoms with Gasteiger partial charge in [-0.2, -0.15) is 0 Å². The molecule has 0 bridgehead atoms. The van der Waals surface area contributed by atoms with Crippen LogP contribution in [0, 0.1) is 0 Å². The summed E-state index contributed by atoms with van der Waals surface area (Å²) in [5.41, 5.74) is 0.705. The van der Waals surface area contributed by atoms with Crippen LogP contribution in [0.4, 0.5) is 5.69 Å². The van der Waals surface area contributed by atoms with E-state index in [9.17, 15) is 8.42 Å². The lowest BCUT2D eigenvalue weighted by molar-refractivity contribution is 0.602. The van der Waals surface area contributed by atoms with Gasteiger partial charge in [-0.1, -0.05) is 41.4 Å². The molecule has 0 aliphatic carbocycles. The van der Waals surface area contributed by atoms with E-state index in [1.807, 2.05) is 0 Å². The van der Waals surface area contributed by atoms with Gasteiger partial charge < -0.3 is 0 Å². The Hall–Kier alpha value is -1.82. The van der Waals surface area contributed by atoms with E-state index in [1.54, 1.807) is 30.5 Å². The van der Waals surface area contributed by atoms with Gasteiger partial charge in [0.1, 0.15) is 4.90 Å². The van der Waals surface area contributed by atoms with E-state index < -0.39 is 10.0 Å². The minimum atomic E-state index is -3.80. The number of nitrogens with one attached hydrogen (secondary N) is 1. The summed E-state index contributed by atoms with van der Waals surface area (Å²) in [5.74, 6) is 0. The van der Waals surface area contributed by atoms with E-state index in [1.165, 1.54) is 24.3 Å². The Balaban J connectivity index is 2.09. The quantitative estimate of drug-likeness (QED) is 0.762. The number of hydrogen-bond donors (Lipinski definition) is 1. The molecule has 0 amide bonds. The number of anilines is 1. The molecule has 0 fully saturated rings. The van der Waals surface area contributed by atoms with Crippen molar-refractivity contribution in [1.29, 1.82) is 0 Å². The van der Waals surface area contributed by atoms with E-state index >= 15 is 0 Å². The van der Waals surface area contributed by atoms with Crippen molar-refractivity contribution in [3.05, 3.63) is 64.8 Å². The number of benzene rings is 2. The summed E-state index contributed by atoms with van der Waals surface area (Å²) in [6.45, 7) is 0. The predicted molar refractivity (Wildman–Crippen MR) is 89.0 cm³/mol. The number of pyridine rings is 1. The maximum atomic E-state index is 12.6. The normalized spacial score (nSPS) is 11.5. The molecule has 0 unspecified atom stereocenters. The number of hydrogen-bond acceptors (Lipinski definition) is 3. The van der Waals surface area contributed by atoms with Crippen molar-refractivity contribution in [3.63, 3.8) is 0 Å². The van der Waals surface area contributed by atoms with Crippen LogP contribution in [0.5, 0.6) is 0 Å². The largest absolute Gasteiger partial charge is 0.279 e. The molecule has 3 rings (SSSR count). The lowest BCUT2D eigenvalue weighted by Crippen LogP contribution is -2.13. The van der Waals surface area contributed by atoms with Crippen molar-refractivity contribution >= 4 is 49.8 Å². The van der Waals surface area contributed by atoms with Crippen LogP contribution in [0.1, 0.15) is 0 Å². The number of nitrogens with zero attached hydrogens (tertiary/aromatic N) is 1. The molecule has 0 aliphatic heterocycles. The van der Waals surface area contributed by atoms with Crippen LogP contribution in [0.15, 0.2) is 59.6 Å². The third-order valence-electron chi connectivity index (χ3n) is 3.00. The van der Waals surface area contributed by atoms with Gasteiger partial charge in [0.2, 0.25) is 0 Å². The van der Waals surface area contributed by atoms with Crippen molar-refractivity contribution in [2.75, 3.05) is 4.72 Å². The Bertz CT molecular complexity index is 933. The third-order valence-corrected chi connectivity index (χ3v) is 4.85. The Morgan fingerprint density at radius 2 is 1.64 bits per heavy atom. The topological polar surface area (TPSA) is 59.1 Å². The predicted octanol–water partition coefficient (Wildman–Crippen LogP) is 4.34. The van der Waals surface area contributed by atoms with Crippen molar-refractivity contribution in [1.82, 2.24) is 4.98 Å². The fourth-order valence-electron chi connectivity index (χ4n) is 2.12. The highest BCUT2D eigenvalue weighted by molar-refractivity contribution is 7.93. The van der Waals surface area contributed by atoms with Crippen LogP contribution >= 0.6 is 23.2 Å². The Morgan fingerprint density at radius 1 is 0.955 bits per heavy atom. The minimum absolute atomic E-state index is 0.0988. The molecule has 2 aromatic carbocycles. The highest BCUT2D eigenvalue weighted by Gasteiger charge is 2.18. The van der Waals surface area contributed by atoms with E-state index in [0.717, 1.165) is 5.39 Å². The maximum Gasteiger partial charge on any atom is 0.264 e. The molecule has 0 spiro atoms. The molecule has 3 aromatic rings. The summed E-state index contributed by atoms with van der Waals surface area (Å²) < 4.78 is 27.7. The summed E-state index contributed by atoms with van der Waals surface area (Å²) in [7, 11) is -3.80. The Kier molecular flexibility index (Phi) is 3.95. The zero-order valence-electron chi connectivity index (χ0n) is 11.1. The first kappa shape index (κ1) is 15.1. The Morgan fingerprint density at radius 3 is 2.36 bits per heavy atom. The molecular weight excluding hydrogens is 343 g/mol. The molecule has 1 heterocycles. The number of fused-ring (bicyclic) bond motifs is 1. The number of aromatic nitrogens is 1. The highest BCUT2D eigenvalue weighted by atomic mass is 35.5. The second kappa shape index (κ2) is 5.76. The summed E-state index contributed by atoms with van der Waals surface area (Å²) in [5, 5.41) is 1.44. The second-order valence-electron chi connectivity index (χ2n) is 4.59. The van der Waals surface area contributed by atoms with Gasteiger partial charge in [0.15, 0.2) is 0 Å². The highest BCUT2D eigenvalue weighted by Crippen LogP contribution is 2.26. The van der Waals surface area contributed by atoms with Crippen LogP contribution < -0.4 is 4.72 Å². The number of halogens is 2. The molecule has 22 heavy (non-hydrogen) atoms. The maximum absolute atomic E-state index is 12.6. The molecule has 7 heteroatoms. The zero-order valence-corrected chi connectivity index (χ0v) is 13.5. The van der Waals surface area contributed by atoms with Crippen LogP contribution in [0.3, 0.4) is 0 Å². The standard InChI is InChI=1S/C15H10Cl2N2O2S/c16-11-7-12(17)9-13(8-11)19-22(20,21)14-5-1-3-10-4-2-6-18-15(10)14/h1-9,19H. The smallest absolute Gasteiger partial charge is 0.264 e. The SMILES string of the molecule is O=S(=O)(Nc1cc(Cl)cc(Cl)c1)c1cccc2cccnc12. The fraction of sp³-hybridized carbons (Fsp3) is 0. The summed E-state index contributed by atoms with van der Waals surface area (Å²) in [6, 6.07) is 13.0. The van der Waals surface area contributed by atoms with Gasteiger partial charge in [-0.05, 0) is 30.3 Å². The molecule has 1 aromatic heterocycles. The van der Waals surface area contributed by atoms with Gasteiger partial charge >= 0.3 is 0 Å². The molecular formula is C15H10Cl2N2O2S. The number of sulfonamides is 1. The van der Waals surface area contributed by atoms with Gasteiger partial charge in [0, 0.05) is 21.6 Å². The van der Waals surface area contributed by atoms with E-state index in [4.69, 9.17) is 23.2 Å². The molecule has 4 nitrogen and oxygen atoms in total. The van der Waals surface area contributed by atoms with Gasteiger partial charge in [-0.3, -0.25) is 9.71 Å². The summed E-state index contributed by atoms with van der Waals surface area (Å²) in [6.07, 6.45) is 1.55. The molecule has 0 aliphatic rings. The minimum Gasteiger partial charge on any atom is -0.279 e. The molecule has 1 N–H and O–H groups in total. The van der Waals surface area contributed by atoms with Gasteiger partial charge in [-0.25, -0.2) is 8.42 Å². The number of para-hydroxylation sites is 1. The van der Waals surface area contributed by atoms with E-state index in [0.29, 0.717) is 21.2 Å². The lowest BCUT2D eigenvalue weighted by atomic mass is 10.2. The zero-order chi connectivity index (χ0) is 15.7. The van der Waals surface area contributed by atoms with E-state index in [2.05, 4.69) is 9.71 Å². The van der Waals surface area contributed by atoms with E-state index in [-0.39, 0.29) is 4.90 Å². The molecule has 0 saturated heterocycles. The van der Waals surface area contributed by atoms with Crippen LogP contribution in [0.2, 0.25) is 10.0 Å². The molecule has 0 atom stereocenters. The third kappa shape index (κ3) is 3.02. The monoisotopic (exact) mass is 352 g/mol. The molecule has 0 radical (unpaired) electrons. The average molecular weight is 353 g/mol.